The third-order valence-electron chi connectivity index (χ3n) is 2.40. The van der Waals surface area contributed by atoms with Gasteiger partial charge in [-0.05, 0) is 24.3 Å². The summed E-state index contributed by atoms with van der Waals surface area (Å²) in [5.41, 5.74) is 5.63. The van der Waals surface area contributed by atoms with Gasteiger partial charge in [0.25, 0.3) is 5.91 Å². The Bertz CT molecular complexity index is 579. The van der Waals surface area contributed by atoms with Crippen LogP contribution in [0.1, 0.15) is 10.4 Å². The number of nitrogens with two attached hydrogens (primary N) is 1. The molecular weight excluding hydrogens is 238 g/mol. The molecule has 3 N–H and O–H groups in total. The lowest BCUT2D eigenvalue weighted by molar-refractivity contribution is 0.101. The predicted molar refractivity (Wildman–Crippen MR) is 65.2 cm³/mol. The van der Waals surface area contributed by atoms with E-state index in [0.29, 0.717) is 11.4 Å². The van der Waals surface area contributed by atoms with Gasteiger partial charge in [-0.15, -0.1) is 0 Å². The molecule has 2 aromatic carbocycles. The largest absolute Gasteiger partial charge is 0.397 e. The number of para-hydroxylation sites is 2. The highest BCUT2D eigenvalue weighted by Gasteiger charge is 2.17. The van der Waals surface area contributed by atoms with E-state index in [2.05, 4.69) is 5.32 Å². The normalized spacial score (nSPS) is 10.1. The number of hydrogen-bond donors (Lipinski definition) is 2. The quantitative estimate of drug-likeness (QED) is 0.803. The maximum absolute atomic E-state index is 13.4. The van der Waals surface area contributed by atoms with Gasteiger partial charge in [-0.1, -0.05) is 18.2 Å². The van der Waals surface area contributed by atoms with E-state index in [0.717, 1.165) is 12.1 Å². The highest BCUT2D eigenvalue weighted by atomic mass is 19.1. The number of amides is 1. The molecule has 0 aromatic heterocycles. The highest BCUT2D eigenvalue weighted by molar-refractivity contribution is 6.06. The Balaban J connectivity index is 2.31. The zero-order valence-electron chi connectivity index (χ0n) is 9.28. The zero-order chi connectivity index (χ0) is 13.1. The summed E-state index contributed by atoms with van der Waals surface area (Å²) >= 11 is 0. The lowest BCUT2D eigenvalue weighted by atomic mass is 10.1. The van der Waals surface area contributed by atoms with Crippen LogP contribution in [0.2, 0.25) is 0 Å². The molecule has 0 atom stereocenters. The molecule has 0 bridgehead atoms. The number of halogens is 2. The van der Waals surface area contributed by atoms with Crippen molar-refractivity contribution >= 4 is 17.3 Å². The number of carbonyl (C=O) groups is 1. The molecule has 0 aliphatic carbocycles. The molecule has 18 heavy (non-hydrogen) atoms. The first kappa shape index (κ1) is 12.0. The van der Waals surface area contributed by atoms with Gasteiger partial charge in [-0.3, -0.25) is 4.79 Å². The van der Waals surface area contributed by atoms with Crippen LogP contribution >= 0.6 is 0 Å². The molecule has 1 amide bonds. The SMILES string of the molecule is Nc1ccccc1NC(=O)c1c(F)cccc1F. The highest BCUT2D eigenvalue weighted by Crippen LogP contribution is 2.19. The van der Waals surface area contributed by atoms with Crippen molar-refractivity contribution in [2.24, 2.45) is 0 Å². The van der Waals surface area contributed by atoms with Crippen molar-refractivity contribution in [3.8, 4) is 0 Å². The summed E-state index contributed by atoms with van der Waals surface area (Å²) in [4.78, 5) is 11.8. The number of carbonyl (C=O) groups excluding carboxylic acids is 1. The summed E-state index contributed by atoms with van der Waals surface area (Å²) in [7, 11) is 0. The van der Waals surface area contributed by atoms with Crippen LogP contribution in [0.15, 0.2) is 42.5 Å². The van der Waals surface area contributed by atoms with Gasteiger partial charge in [0.1, 0.15) is 17.2 Å². The van der Waals surface area contributed by atoms with Gasteiger partial charge in [0.2, 0.25) is 0 Å². The minimum absolute atomic E-state index is 0.310. The van der Waals surface area contributed by atoms with Crippen LogP contribution in [-0.4, -0.2) is 5.91 Å². The fraction of sp³-hybridized carbons (Fsp3) is 0. The van der Waals surface area contributed by atoms with Crippen LogP contribution in [0.5, 0.6) is 0 Å². The molecular formula is C13H10F2N2O. The minimum atomic E-state index is -0.915. The van der Waals surface area contributed by atoms with E-state index in [-0.39, 0.29) is 0 Å². The lowest BCUT2D eigenvalue weighted by Gasteiger charge is -2.08. The molecule has 0 heterocycles. The number of hydrogen-bond acceptors (Lipinski definition) is 2. The van der Waals surface area contributed by atoms with Crippen molar-refractivity contribution in [3.05, 3.63) is 59.7 Å². The molecule has 92 valence electrons. The molecule has 3 nitrogen and oxygen atoms in total. The molecule has 0 saturated heterocycles. The zero-order valence-corrected chi connectivity index (χ0v) is 9.28. The topological polar surface area (TPSA) is 55.1 Å². The fourth-order valence-electron chi connectivity index (χ4n) is 1.51. The van der Waals surface area contributed by atoms with Gasteiger partial charge in [0, 0.05) is 0 Å². The lowest BCUT2D eigenvalue weighted by Crippen LogP contribution is -2.16. The maximum atomic E-state index is 13.4. The summed E-state index contributed by atoms with van der Waals surface area (Å²) in [5, 5.41) is 2.36. The average Bonchev–Trinajstić information content (AvgIpc) is 2.32. The van der Waals surface area contributed by atoms with Crippen LogP contribution in [0, 0.1) is 11.6 Å². The molecule has 0 saturated carbocycles. The summed E-state index contributed by atoms with van der Waals surface area (Å²) in [5.74, 6) is -2.70. The van der Waals surface area contributed by atoms with Gasteiger partial charge < -0.3 is 11.1 Å². The van der Waals surface area contributed by atoms with Crippen LogP contribution < -0.4 is 11.1 Å². The van der Waals surface area contributed by atoms with Crippen molar-refractivity contribution in [1.82, 2.24) is 0 Å². The average molecular weight is 248 g/mol. The Kier molecular flexibility index (Phi) is 3.23. The van der Waals surface area contributed by atoms with E-state index in [1.54, 1.807) is 24.3 Å². The Hall–Kier alpha value is -2.43. The second-order valence-corrected chi connectivity index (χ2v) is 3.64. The molecule has 0 unspecified atom stereocenters. The van der Waals surface area contributed by atoms with Crippen molar-refractivity contribution in [2.75, 3.05) is 11.1 Å². The van der Waals surface area contributed by atoms with Gasteiger partial charge >= 0.3 is 0 Å². The van der Waals surface area contributed by atoms with Crippen LogP contribution in [0.25, 0.3) is 0 Å². The van der Waals surface area contributed by atoms with E-state index < -0.39 is 23.1 Å². The summed E-state index contributed by atoms with van der Waals surface area (Å²) in [6.45, 7) is 0. The monoisotopic (exact) mass is 248 g/mol. The van der Waals surface area contributed by atoms with Crippen LogP contribution in [0.3, 0.4) is 0 Å². The summed E-state index contributed by atoms with van der Waals surface area (Å²) < 4.78 is 26.7. The summed E-state index contributed by atoms with van der Waals surface area (Å²) in [6.07, 6.45) is 0. The van der Waals surface area contributed by atoms with E-state index >= 15 is 0 Å². The van der Waals surface area contributed by atoms with Crippen molar-refractivity contribution < 1.29 is 13.6 Å². The Morgan fingerprint density at radius 3 is 2.22 bits per heavy atom. The molecule has 0 aliphatic rings. The predicted octanol–water partition coefficient (Wildman–Crippen LogP) is 2.80. The van der Waals surface area contributed by atoms with E-state index in [1.165, 1.54) is 6.07 Å². The fourth-order valence-corrected chi connectivity index (χ4v) is 1.51. The first-order valence-corrected chi connectivity index (χ1v) is 5.19. The van der Waals surface area contributed by atoms with Gasteiger partial charge in [0.05, 0.1) is 11.4 Å². The second-order valence-electron chi connectivity index (χ2n) is 3.64. The minimum Gasteiger partial charge on any atom is -0.397 e. The Morgan fingerprint density at radius 1 is 1.00 bits per heavy atom. The third kappa shape index (κ3) is 2.29. The van der Waals surface area contributed by atoms with Gasteiger partial charge in [-0.2, -0.15) is 0 Å². The number of rotatable bonds is 2. The molecule has 5 heteroatoms. The van der Waals surface area contributed by atoms with Gasteiger partial charge in [-0.25, -0.2) is 8.78 Å². The van der Waals surface area contributed by atoms with E-state index in [1.807, 2.05) is 0 Å². The first-order valence-electron chi connectivity index (χ1n) is 5.19. The standard InChI is InChI=1S/C13H10F2N2O/c14-8-4-3-5-9(15)12(8)13(18)17-11-7-2-1-6-10(11)16/h1-7H,16H2,(H,17,18). The number of benzene rings is 2. The number of nitrogen functional groups attached to an aromatic ring is 1. The smallest absolute Gasteiger partial charge is 0.261 e. The first-order chi connectivity index (χ1) is 8.59. The molecule has 0 radical (unpaired) electrons. The molecule has 2 rings (SSSR count). The number of anilines is 2. The third-order valence-corrected chi connectivity index (χ3v) is 2.40. The van der Waals surface area contributed by atoms with Gasteiger partial charge in [0.15, 0.2) is 0 Å². The second kappa shape index (κ2) is 4.83. The van der Waals surface area contributed by atoms with Crippen LogP contribution in [-0.2, 0) is 0 Å². The number of nitrogens with one attached hydrogen (secondary N) is 1. The molecule has 2 aromatic rings. The molecule has 0 fully saturated rings. The Labute approximate surface area is 102 Å². The van der Waals surface area contributed by atoms with Crippen molar-refractivity contribution in [1.29, 1.82) is 0 Å². The summed E-state index contributed by atoms with van der Waals surface area (Å²) in [6, 6.07) is 9.70. The van der Waals surface area contributed by atoms with Crippen LogP contribution in [0.4, 0.5) is 20.2 Å². The van der Waals surface area contributed by atoms with Crippen molar-refractivity contribution in [3.63, 3.8) is 0 Å². The van der Waals surface area contributed by atoms with E-state index in [4.69, 9.17) is 5.73 Å². The molecule has 0 aliphatic heterocycles. The maximum Gasteiger partial charge on any atom is 0.261 e. The Morgan fingerprint density at radius 2 is 1.61 bits per heavy atom. The van der Waals surface area contributed by atoms with E-state index in [9.17, 15) is 13.6 Å². The molecule has 0 spiro atoms. The van der Waals surface area contributed by atoms with Crippen molar-refractivity contribution in [2.45, 2.75) is 0 Å².